The van der Waals surface area contributed by atoms with Gasteiger partial charge in [0.25, 0.3) is 0 Å². The molecule has 1 aliphatic carbocycles. The highest BCUT2D eigenvalue weighted by molar-refractivity contribution is 6.52. The van der Waals surface area contributed by atoms with Crippen LogP contribution in [-0.4, -0.2) is 37.3 Å². The van der Waals surface area contributed by atoms with Crippen molar-refractivity contribution in [2.45, 2.75) is 0 Å². The number of oxime groups is 1. The van der Waals surface area contributed by atoms with Gasteiger partial charge in [0.2, 0.25) is 0 Å². The molecule has 0 amide bonds. The molecule has 0 unspecified atom stereocenters. The molecule has 0 radical (unpaired) electrons. The third-order valence-corrected chi connectivity index (χ3v) is 9.74. The SMILES string of the molecule is N=C1C=CC=C(N(c2ccc(-c3ccc4ccccc4c3)c3nonc23)c2ccc(-c3ccc4ccc5ccccc5c4c3)c3nonc23)/C1=N/O. The molecule has 0 saturated carbocycles. The lowest BCUT2D eigenvalue weighted by Crippen LogP contribution is -2.29. The Labute approximate surface area is 294 Å². The highest BCUT2D eigenvalue weighted by atomic mass is 16.6. The molecular formula is C42H25N7O3. The van der Waals surface area contributed by atoms with E-state index >= 15 is 0 Å². The van der Waals surface area contributed by atoms with Crippen molar-refractivity contribution in [3.05, 3.63) is 145 Å². The predicted octanol–water partition coefficient (Wildman–Crippen LogP) is 9.99. The van der Waals surface area contributed by atoms with Crippen molar-refractivity contribution in [1.29, 1.82) is 5.41 Å². The Morgan fingerprint density at radius 1 is 0.558 bits per heavy atom. The summed E-state index contributed by atoms with van der Waals surface area (Å²) in [7, 11) is 0. The van der Waals surface area contributed by atoms with E-state index in [4.69, 9.17) is 14.7 Å². The Bertz CT molecular complexity index is 3030. The smallest absolute Gasteiger partial charge is 0.159 e. The zero-order valence-corrected chi connectivity index (χ0v) is 27.2. The van der Waals surface area contributed by atoms with Crippen LogP contribution in [0, 0.1) is 5.41 Å². The lowest BCUT2D eigenvalue weighted by Gasteiger charge is -2.29. The van der Waals surface area contributed by atoms with E-state index in [2.05, 4.69) is 98.6 Å². The molecule has 0 atom stereocenters. The van der Waals surface area contributed by atoms with Crippen LogP contribution >= 0.6 is 0 Å². The molecular weight excluding hydrogens is 651 g/mol. The van der Waals surface area contributed by atoms with E-state index in [1.54, 1.807) is 18.2 Å². The number of aromatic nitrogens is 4. The number of anilines is 2. The molecule has 7 aromatic carbocycles. The molecule has 10 rings (SSSR count). The molecule has 0 saturated heterocycles. The number of fused-ring (bicyclic) bond motifs is 6. The fraction of sp³-hybridized carbons (Fsp3) is 0. The van der Waals surface area contributed by atoms with Gasteiger partial charge in [0.1, 0.15) is 11.0 Å². The summed E-state index contributed by atoms with van der Waals surface area (Å²) in [6.07, 6.45) is 5.06. The van der Waals surface area contributed by atoms with Crippen LogP contribution in [0.5, 0.6) is 0 Å². The molecule has 246 valence electrons. The molecule has 10 nitrogen and oxygen atoms in total. The minimum absolute atomic E-state index is 0.0295. The van der Waals surface area contributed by atoms with Gasteiger partial charge < -0.3 is 10.1 Å². The monoisotopic (exact) mass is 675 g/mol. The maximum atomic E-state index is 10.2. The number of rotatable bonds is 5. The highest BCUT2D eigenvalue weighted by Crippen LogP contribution is 2.43. The lowest BCUT2D eigenvalue weighted by atomic mass is 9.95. The molecule has 0 aliphatic heterocycles. The summed E-state index contributed by atoms with van der Waals surface area (Å²) in [5.74, 6) is 0. The van der Waals surface area contributed by atoms with E-state index < -0.39 is 0 Å². The summed E-state index contributed by atoms with van der Waals surface area (Å²) in [5, 5.41) is 46.7. The van der Waals surface area contributed by atoms with Crippen molar-refractivity contribution in [3.8, 4) is 22.3 Å². The number of allylic oxidation sites excluding steroid dienone is 4. The van der Waals surface area contributed by atoms with Gasteiger partial charge in [-0.2, -0.15) is 0 Å². The third-order valence-electron chi connectivity index (χ3n) is 9.74. The molecule has 0 fully saturated rings. The Morgan fingerprint density at radius 3 is 1.81 bits per heavy atom. The topological polar surface area (TPSA) is 138 Å². The second-order valence-electron chi connectivity index (χ2n) is 12.6. The van der Waals surface area contributed by atoms with Crippen LogP contribution in [0.1, 0.15) is 0 Å². The molecule has 9 aromatic rings. The van der Waals surface area contributed by atoms with Crippen molar-refractivity contribution >= 4 is 77.2 Å². The van der Waals surface area contributed by atoms with Gasteiger partial charge in [0.15, 0.2) is 16.7 Å². The summed E-state index contributed by atoms with van der Waals surface area (Å²) < 4.78 is 10.8. The van der Waals surface area contributed by atoms with Gasteiger partial charge in [0, 0.05) is 11.1 Å². The van der Waals surface area contributed by atoms with Crippen LogP contribution in [0.15, 0.2) is 160 Å². The van der Waals surface area contributed by atoms with E-state index in [1.165, 1.54) is 0 Å². The van der Waals surface area contributed by atoms with E-state index in [-0.39, 0.29) is 11.4 Å². The quantitative estimate of drug-likeness (QED) is 0.0796. The van der Waals surface area contributed by atoms with Crippen molar-refractivity contribution in [3.63, 3.8) is 0 Å². The molecule has 2 aromatic heterocycles. The van der Waals surface area contributed by atoms with E-state index in [1.807, 2.05) is 53.4 Å². The molecule has 1 aliphatic rings. The first-order valence-electron chi connectivity index (χ1n) is 16.6. The number of nitrogens with zero attached hydrogens (tertiary/aromatic N) is 6. The summed E-state index contributed by atoms with van der Waals surface area (Å²) in [6.45, 7) is 0. The Morgan fingerprint density at radius 2 is 1.12 bits per heavy atom. The Hall–Kier alpha value is -7.46. The standard InChI is InChI=1S/C42H25N7O3/c43-34-10-5-11-35(40(34)44-50)49(36-20-18-31(38-41(36)47-51-45-38)28-16-12-24-6-1-2-8-27(24)22-28)37-21-19-32(39-42(37)48-52-46-39)29-17-15-26-14-13-25-7-3-4-9-30(25)33(26)23-29/h1-23,43,50H/b43-34?,44-40+. The first kappa shape index (κ1) is 29.5. The van der Waals surface area contributed by atoms with Crippen LogP contribution in [-0.2, 0) is 0 Å². The first-order valence-corrected chi connectivity index (χ1v) is 16.6. The maximum Gasteiger partial charge on any atom is 0.159 e. The molecule has 2 heterocycles. The fourth-order valence-corrected chi connectivity index (χ4v) is 7.27. The molecule has 10 heteroatoms. The van der Waals surface area contributed by atoms with Crippen LogP contribution in [0.2, 0.25) is 0 Å². The lowest BCUT2D eigenvalue weighted by molar-refractivity contribution is 0.315. The van der Waals surface area contributed by atoms with Gasteiger partial charge in [0.05, 0.1) is 22.8 Å². The largest absolute Gasteiger partial charge is 0.410 e. The van der Waals surface area contributed by atoms with E-state index in [9.17, 15) is 5.21 Å². The predicted molar refractivity (Wildman–Crippen MR) is 203 cm³/mol. The highest BCUT2D eigenvalue weighted by Gasteiger charge is 2.30. The Balaban J connectivity index is 1.18. The third kappa shape index (κ3) is 4.51. The van der Waals surface area contributed by atoms with E-state index in [0.717, 1.165) is 54.6 Å². The summed E-state index contributed by atoms with van der Waals surface area (Å²) in [5.41, 5.74) is 7.17. The molecule has 2 N–H and O–H groups in total. The van der Waals surface area contributed by atoms with Gasteiger partial charge >= 0.3 is 0 Å². The number of nitrogens with one attached hydrogen (secondary N) is 1. The fourth-order valence-electron chi connectivity index (χ4n) is 7.27. The Kier molecular flexibility index (Phi) is 6.55. The minimum atomic E-state index is 0.0295. The second-order valence-corrected chi connectivity index (χ2v) is 12.6. The van der Waals surface area contributed by atoms with Gasteiger partial charge in [-0.3, -0.25) is 5.41 Å². The van der Waals surface area contributed by atoms with Gasteiger partial charge in [-0.25, -0.2) is 9.26 Å². The first-order chi connectivity index (χ1) is 25.7. The normalized spacial score (nSPS) is 14.0. The zero-order chi connectivity index (χ0) is 34.8. The van der Waals surface area contributed by atoms with E-state index in [0.29, 0.717) is 39.1 Å². The number of benzene rings is 7. The second kappa shape index (κ2) is 11.6. The summed E-state index contributed by atoms with van der Waals surface area (Å²) >= 11 is 0. The molecule has 0 bridgehead atoms. The van der Waals surface area contributed by atoms with Crippen molar-refractivity contribution in [2.75, 3.05) is 4.90 Å². The number of hydrogen-bond acceptors (Lipinski definition) is 10. The van der Waals surface area contributed by atoms with Gasteiger partial charge in [-0.05, 0) is 113 Å². The van der Waals surface area contributed by atoms with Crippen molar-refractivity contribution < 1.29 is 14.5 Å². The molecule has 52 heavy (non-hydrogen) atoms. The maximum absolute atomic E-state index is 10.2. The van der Waals surface area contributed by atoms with Crippen LogP contribution in [0.3, 0.4) is 0 Å². The number of hydrogen-bond donors (Lipinski definition) is 2. The van der Waals surface area contributed by atoms with Crippen LogP contribution < -0.4 is 4.90 Å². The van der Waals surface area contributed by atoms with Crippen molar-refractivity contribution in [1.82, 2.24) is 20.6 Å². The molecule has 0 spiro atoms. The summed E-state index contributed by atoms with van der Waals surface area (Å²) in [4.78, 5) is 1.83. The average molecular weight is 676 g/mol. The minimum Gasteiger partial charge on any atom is -0.410 e. The van der Waals surface area contributed by atoms with Gasteiger partial charge in [-0.15, -0.1) is 0 Å². The zero-order valence-electron chi connectivity index (χ0n) is 27.2. The van der Waals surface area contributed by atoms with Gasteiger partial charge in [-0.1, -0.05) is 96.2 Å². The van der Waals surface area contributed by atoms with Crippen LogP contribution in [0.4, 0.5) is 11.4 Å². The van der Waals surface area contributed by atoms with Crippen LogP contribution in [0.25, 0.3) is 76.6 Å². The van der Waals surface area contributed by atoms with Crippen molar-refractivity contribution in [2.24, 2.45) is 5.16 Å². The summed E-state index contributed by atoms with van der Waals surface area (Å²) in [6, 6.07) is 41.1. The average Bonchev–Trinajstić information content (AvgIpc) is 3.89.